The first-order valence-corrected chi connectivity index (χ1v) is 4.09. The molecule has 0 amide bonds. The zero-order valence-corrected chi connectivity index (χ0v) is 8.12. The van der Waals surface area contributed by atoms with Crippen LogP contribution >= 0.6 is 0 Å². The van der Waals surface area contributed by atoms with Crippen molar-refractivity contribution in [1.29, 1.82) is 0 Å². The molecule has 0 aliphatic heterocycles. The fourth-order valence-corrected chi connectivity index (χ4v) is 1.10. The molecule has 0 saturated heterocycles. The third-order valence-electron chi connectivity index (χ3n) is 1.96. The topological polar surface area (TPSA) is 107 Å². The maximum absolute atomic E-state index is 10.5. The van der Waals surface area contributed by atoms with E-state index < -0.39 is 30.5 Å². The van der Waals surface area contributed by atoms with Crippen molar-refractivity contribution in [3.63, 3.8) is 0 Å². The zero-order valence-electron chi connectivity index (χ0n) is 8.12. The highest BCUT2D eigenvalue weighted by atomic mass is 16.5. The summed E-state index contributed by atoms with van der Waals surface area (Å²) in [6.45, 7) is 0.456. The Kier molecular flexibility index (Phi) is 5.17. The van der Waals surface area contributed by atoms with Gasteiger partial charge >= 0.3 is 0 Å². The Morgan fingerprint density at radius 3 is 2.29 bits per heavy atom. The Morgan fingerprint density at radius 2 is 2.00 bits per heavy atom. The van der Waals surface area contributed by atoms with E-state index in [9.17, 15) is 15.0 Å². The molecule has 14 heavy (non-hydrogen) atoms. The van der Waals surface area contributed by atoms with Crippen LogP contribution in [-0.2, 0) is 9.53 Å². The van der Waals surface area contributed by atoms with Gasteiger partial charge in [0.25, 0.3) is 0 Å². The van der Waals surface area contributed by atoms with Gasteiger partial charge in [-0.25, -0.2) is 0 Å². The quantitative estimate of drug-likeness (QED) is 0.365. The second kappa shape index (κ2) is 5.38. The Hall–Kier alpha value is -0.530. The van der Waals surface area contributed by atoms with Crippen molar-refractivity contribution >= 4 is 6.29 Å². The van der Waals surface area contributed by atoms with Crippen LogP contribution < -0.4 is 0 Å². The molecule has 0 heterocycles. The number of methoxy groups -OCH3 is 1. The van der Waals surface area contributed by atoms with Crippen molar-refractivity contribution in [1.82, 2.24) is 0 Å². The maximum Gasteiger partial charge on any atom is 0.154 e. The minimum atomic E-state index is -1.91. The highest BCUT2D eigenvalue weighted by molar-refractivity contribution is 5.62. The lowest BCUT2D eigenvalue weighted by Gasteiger charge is -2.32. The third kappa shape index (κ3) is 3.00. The van der Waals surface area contributed by atoms with Gasteiger partial charge in [0.2, 0.25) is 0 Å². The fraction of sp³-hybridized carbons (Fsp3) is 0.875. The summed E-state index contributed by atoms with van der Waals surface area (Å²) < 4.78 is 4.69. The SMILES string of the molecule is CO[C@@H]([C@H](O)[C@H](O)CO)[C@@](C)(O)C=O. The van der Waals surface area contributed by atoms with Crippen LogP contribution in [0.2, 0.25) is 0 Å². The molecule has 0 aromatic carbocycles. The van der Waals surface area contributed by atoms with E-state index in [-0.39, 0.29) is 6.29 Å². The number of ether oxygens (including phenoxy) is 1. The normalized spacial score (nSPS) is 22.1. The molecule has 6 nitrogen and oxygen atoms in total. The monoisotopic (exact) mass is 208 g/mol. The molecule has 6 heteroatoms. The van der Waals surface area contributed by atoms with Crippen LogP contribution in [0.4, 0.5) is 0 Å². The van der Waals surface area contributed by atoms with Crippen LogP contribution in [-0.4, -0.2) is 64.3 Å². The summed E-state index contributed by atoms with van der Waals surface area (Å²) >= 11 is 0. The number of aliphatic hydroxyl groups excluding tert-OH is 3. The first kappa shape index (κ1) is 13.5. The van der Waals surface area contributed by atoms with Gasteiger partial charge in [-0.05, 0) is 6.92 Å². The fourth-order valence-electron chi connectivity index (χ4n) is 1.10. The van der Waals surface area contributed by atoms with E-state index in [1.165, 1.54) is 7.11 Å². The molecule has 0 aliphatic carbocycles. The summed E-state index contributed by atoms with van der Waals surface area (Å²) in [4.78, 5) is 10.5. The smallest absolute Gasteiger partial charge is 0.154 e. The average Bonchev–Trinajstić information content (AvgIpc) is 2.17. The lowest BCUT2D eigenvalue weighted by Crippen LogP contribution is -2.54. The lowest BCUT2D eigenvalue weighted by atomic mass is 9.93. The minimum absolute atomic E-state index is 0.203. The van der Waals surface area contributed by atoms with E-state index in [1.807, 2.05) is 0 Å². The molecule has 0 radical (unpaired) electrons. The van der Waals surface area contributed by atoms with Crippen LogP contribution in [0.25, 0.3) is 0 Å². The Bertz CT molecular complexity index is 181. The molecule has 0 bridgehead atoms. The largest absolute Gasteiger partial charge is 0.394 e. The van der Waals surface area contributed by atoms with Crippen molar-refractivity contribution in [3.8, 4) is 0 Å². The Labute approximate surface area is 81.7 Å². The summed E-state index contributed by atoms with van der Waals surface area (Å²) in [7, 11) is 1.18. The first-order valence-electron chi connectivity index (χ1n) is 4.09. The predicted octanol–water partition coefficient (Wildman–Crippen LogP) is -2.33. The number of hydrogen-bond donors (Lipinski definition) is 4. The van der Waals surface area contributed by atoms with Gasteiger partial charge in [0, 0.05) is 7.11 Å². The Morgan fingerprint density at radius 1 is 1.50 bits per heavy atom. The number of aldehydes is 1. The van der Waals surface area contributed by atoms with E-state index in [4.69, 9.17) is 10.2 Å². The second-order valence-electron chi connectivity index (χ2n) is 3.24. The molecule has 4 atom stereocenters. The van der Waals surface area contributed by atoms with Crippen molar-refractivity contribution in [2.45, 2.75) is 30.8 Å². The number of aliphatic hydroxyl groups is 4. The standard InChI is InChI=1S/C8H16O6/c1-8(13,4-10)7(14-2)6(12)5(11)3-9/h4-7,9,11-13H,3H2,1-2H3/t5-,6-,7+,8+/m1/s1. The molecule has 4 N–H and O–H groups in total. The summed E-state index contributed by atoms with van der Waals surface area (Å²) in [5.74, 6) is 0. The Balaban J connectivity index is 4.63. The molecule has 0 aliphatic rings. The van der Waals surface area contributed by atoms with Gasteiger partial charge in [0.05, 0.1) is 6.61 Å². The van der Waals surface area contributed by atoms with Crippen LogP contribution in [0.3, 0.4) is 0 Å². The third-order valence-corrected chi connectivity index (χ3v) is 1.96. The number of carbonyl (C=O) groups is 1. The van der Waals surface area contributed by atoms with Crippen LogP contribution in [0.15, 0.2) is 0 Å². The molecule has 0 aromatic rings. The van der Waals surface area contributed by atoms with Gasteiger partial charge in [-0.2, -0.15) is 0 Å². The summed E-state index contributed by atoms with van der Waals surface area (Å²) in [5, 5.41) is 36.5. The molecule has 0 spiro atoms. The van der Waals surface area contributed by atoms with E-state index in [0.29, 0.717) is 0 Å². The number of rotatable bonds is 6. The van der Waals surface area contributed by atoms with E-state index in [0.717, 1.165) is 6.92 Å². The lowest BCUT2D eigenvalue weighted by molar-refractivity contribution is -0.168. The van der Waals surface area contributed by atoms with E-state index in [1.54, 1.807) is 0 Å². The predicted molar refractivity (Wildman–Crippen MR) is 46.6 cm³/mol. The molecular formula is C8H16O6. The summed E-state index contributed by atoms with van der Waals surface area (Å²) in [6.07, 6.45) is -4.09. The molecule has 0 rings (SSSR count). The molecule has 0 saturated carbocycles. The summed E-state index contributed by atoms with van der Waals surface area (Å²) in [6, 6.07) is 0. The number of hydrogen-bond acceptors (Lipinski definition) is 6. The molecule has 0 fully saturated rings. The highest BCUT2D eigenvalue weighted by Crippen LogP contribution is 2.16. The molecular weight excluding hydrogens is 192 g/mol. The van der Waals surface area contributed by atoms with Gasteiger partial charge in [0.15, 0.2) is 6.29 Å². The zero-order chi connectivity index (χ0) is 11.4. The van der Waals surface area contributed by atoms with Gasteiger partial charge in [-0.1, -0.05) is 0 Å². The van der Waals surface area contributed by atoms with E-state index >= 15 is 0 Å². The first-order chi connectivity index (χ1) is 6.40. The molecule has 0 aromatic heterocycles. The van der Waals surface area contributed by atoms with Crippen LogP contribution in [0.5, 0.6) is 0 Å². The van der Waals surface area contributed by atoms with E-state index in [2.05, 4.69) is 4.74 Å². The van der Waals surface area contributed by atoms with Gasteiger partial charge < -0.3 is 30.0 Å². The second-order valence-corrected chi connectivity index (χ2v) is 3.24. The molecule has 0 unspecified atom stereocenters. The van der Waals surface area contributed by atoms with Gasteiger partial charge in [-0.15, -0.1) is 0 Å². The average molecular weight is 208 g/mol. The minimum Gasteiger partial charge on any atom is -0.394 e. The van der Waals surface area contributed by atoms with Gasteiger partial charge in [0.1, 0.15) is 23.9 Å². The van der Waals surface area contributed by atoms with Crippen molar-refractivity contribution < 1.29 is 30.0 Å². The number of carbonyl (C=O) groups excluding carboxylic acids is 1. The van der Waals surface area contributed by atoms with Crippen molar-refractivity contribution in [2.24, 2.45) is 0 Å². The molecule has 84 valence electrons. The van der Waals surface area contributed by atoms with Crippen LogP contribution in [0.1, 0.15) is 6.92 Å². The van der Waals surface area contributed by atoms with Crippen molar-refractivity contribution in [2.75, 3.05) is 13.7 Å². The maximum atomic E-state index is 10.5. The van der Waals surface area contributed by atoms with Crippen molar-refractivity contribution in [3.05, 3.63) is 0 Å². The van der Waals surface area contributed by atoms with Gasteiger partial charge in [-0.3, -0.25) is 0 Å². The van der Waals surface area contributed by atoms with Crippen LogP contribution in [0, 0.1) is 0 Å². The highest BCUT2D eigenvalue weighted by Gasteiger charge is 2.40. The summed E-state index contributed by atoms with van der Waals surface area (Å²) in [5.41, 5.74) is -1.91.